The van der Waals surface area contributed by atoms with Crippen molar-refractivity contribution >= 4 is 5.97 Å². The molecule has 0 amide bonds. The summed E-state index contributed by atoms with van der Waals surface area (Å²) in [6.07, 6.45) is 4.03. The minimum Gasteiger partial charge on any atom is -0.478 e. The van der Waals surface area contributed by atoms with Crippen molar-refractivity contribution < 1.29 is 14.3 Å². The normalized spacial score (nSPS) is 10.0. The van der Waals surface area contributed by atoms with Crippen molar-refractivity contribution in [1.82, 2.24) is 5.32 Å². The quantitative estimate of drug-likeness (QED) is 0.535. The third-order valence-electron chi connectivity index (χ3n) is 1.79. The average molecular weight is 195 g/mol. The van der Waals surface area contributed by atoms with E-state index in [0.29, 0.717) is 12.3 Å². The smallest absolute Gasteiger partial charge is 0.339 e. The lowest BCUT2D eigenvalue weighted by molar-refractivity contribution is 0.0694. The second-order valence-corrected chi connectivity index (χ2v) is 2.82. The van der Waals surface area contributed by atoms with Crippen LogP contribution in [0.4, 0.5) is 0 Å². The molecule has 1 heterocycles. The number of carboxylic acids is 1. The van der Waals surface area contributed by atoms with E-state index in [1.807, 2.05) is 0 Å². The van der Waals surface area contributed by atoms with E-state index < -0.39 is 5.97 Å². The van der Waals surface area contributed by atoms with Crippen molar-refractivity contribution in [3.05, 3.63) is 36.3 Å². The van der Waals surface area contributed by atoms with Crippen molar-refractivity contribution in [3.63, 3.8) is 0 Å². The Hall–Kier alpha value is -1.55. The van der Waals surface area contributed by atoms with E-state index in [1.54, 1.807) is 6.08 Å². The molecule has 0 bridgehead atoms. The van der Waals surface area contributed by atoms with Crippen LogP contribution in [0, 0.1) is 0 Å². The maximum atomic E-state index is 10.7. The zero-order valence-corrected chi connectivity index (χ0v) is 7.82. The Morgan fingerprint density at radius 2 is 2.50 bits per heavy atom. The monoisotopic (exact) mass is 195 g/mol. The highest BCUT2D eigenvalue weighted by molar-refractivity contribution is 5.88. The Morgan fingerprint density at radius 3 is 3.14 bits per heavy atom. The molecule has 1 aromatic heterocycles. The molecule has 0 aromatic carbocycles. The van der Waals surface area contributed by atoms with Crippen LogP contribution in [0.1, 0.15) is 22.5 Å². The lowest BCUT2D eigenvalue weighted by atomic mass is 10.2. The Balaban J connectivity index is 2.45. The molecule has 2 N–H and O–H groups in total. The van der Waals surface area contributed by atoms with Gasteiger partial charge < -0.3 is 14.8 Å². The number of hydrogen-bond donors (Lipinski definition) is 2. The summed E-state index contributed by atoms with van der Waals surface area (Å²) in [7, 11) is 0. The molecule has 0 saturated heterocycles. The Bertz CT molecular complexity index is 317. The molecule has 14 heavy (non-hydrogen) atoms. The summed E-state index contributed by atoms with van der Waals surface area (Å²) in [4.78, 5) is 10.7. The lowest BCUT2D eigenvalue weighted by Crippen LogP contribution is -2.15. The summed E-state index contributed by atoms with van der Waals surface area (Å²) < 4.78 is 5.04. The molecule has 76 valence electrons. The summed E-state index contributed by atoms with van der Waals surface area (Å²) in [5.41, 5.74) is 0.219. The minimum atomic E-state index is -0.959. The highest BCUT2D eigenvalue weighted by Crippen LogP contribution is 2.09. The number of hydrogen-bond acceptors (Lipinski definition) is 3. The van der Waals surface area contributed by atoms with Crippen LogP contribution in [0.25, 0.3) is 0 Å². The molecule has 0 radical (unpaired) electrons. The number of rotatable bonds is 6. The predicted molar refractivity (Wildman–Crippen MR) is 52.2 cm³/mol. The summed E-state index contributed by atoms with van der Waals surface area (Å²) in [5.74, 6) is -0.499. The van der Waals surface area contributed by atoms with Gasteiger partial charge in [0.05, 0.1) is 12.8 Å². The van der Waals surface area contributed by atoms with Gasteiger partial charge in [-0.2, -0.15) is 0 Å². The van der Waals surface area contributed by atoms with Crippen LogP contribution in [-0.2, 0) is 6.54 Å². The zero-order chi connectivity index (χ0) is 10.4. The van der Waals surface area contributed by atoms with Gasteiger partial charge in [0.15, 0.2) is 0 Å². The van der Waals surface area contributed by atoms with Crippen molar-refractivity contribution in [2.75, 3.05) is 6.54 Å². The molecule has 4 heteroatoms. The van der Waals surface area contributed by atoms with Gasteiger partial charge in [-0.25, -0.2) is 4.79 Å². The Labute approximate surface area is 82.2 Å². The first kappa shape index (κ1) is 10.5. The van der Waals surface area contributed by atoms with Crippen LogP contribution in [0.5, 0.6) is 0 Å². The molecule has 0 spiro atoms. The molecule has 0 aliphatic heterocycles. The molecule has 0 saturated carbocycles. The first-order valence-electron chi connectivity index (χ1n) is 4.37. The highest BCUT2D eigenvalue weighted by atomic mass is 16.4. The molecule has 1 rings (SSSR count). The molecule has 0 fully saturated rings. The first-order valence-corrected chi connectivity index (χ1v) is 4.37. The number of carbonyl (C=O) groups is 1. The van der Waals surface area contributed by atoms with E-state index in [1.165, 1.54) is 12.3 Å². The third-order valence-corrected chi connectivity index (χ3v) is 1.79. The fraction of sp³-hybridized carbons (Fsp3) is 0.300. The fourth-order valence-electron chi connectivity index (χ4n) is 1.07. The maximum absolute atomic E-state index is 10.7. The van der Waals surface area contributed by atoms with Gasteiger partial charge in [0.1, 0.15) is 11.3 Å². The van der Waals surface area contributed by atoms with Crippen LogP contribution in [0.2, 0.25) is 0 Å². The standard InChI is InChI=1S/C10H13NO3/c1-2-3-5-11-7-9-8(10(12)13)4-6-14-9/h2,4,6,11H,1,3,5,7H2,(H,12,13). The van der Waals surface area contributed by atoms with E-state index in [0.717, 1.165) is 13.0 Å². The molecule has 0 aliphatic carbocycles. The third kappa shape index (κ3) is 2.74. The van der Waals surface area contributed by atoms with Crippen molar-refractivity contribution in [2.24, 2.45) is 0 Å². The Kier molecular flexibility index (Phi) is 3.94. The number of furan rings is 1. The molecular weight excluding hydrogens is 182 g/mol. The number of carboxylic acid groups (broad SMARTS) is 1. The fourth-order valence-corrected chi connectivity index (χ4v) is 1.07. The van der Waals surface area contributed by atoms with Gasteiger partial charge in [0, 0.05) is 0 Å². The van der Waals surface area contributed by atoms with E-state index >= 15 is 0 Å². The molecule has 4 nitrogen and oxygen atoms in total. The second kappa shape index (κ2) is 5.24. The highest BCUT2D eigenvalue weighted by Gasteiger charge is 2.11. The molecule has 1 aromatic rings. The van der Waals surface area contributed by atoms with Crippen LogP contribution in [0.3, 0.4) is 0 Å². The summed E-state index contributed by atoms with van der Waals surface area (Å²) >= 11 is 0. The molecule has 0 atom stereocenters. The van der Waals surface area contributed by atoms with Crippen molar-refractivity contribution in [3.8, 4) is 0 Å². The van der Waals surface area contributed by atoms with E-state index in [4.69, 9.17) is 9.52 Å². The topological polar surface area (TPSA) is 62.5 Å². The van der Waals surface area contributed by atoms with Gasteiger partial charge >= 0.3 is 5.97 Å². The largest absolute Gasteiger partial charge is 0.478 e. The van der Waals surface area contributed by atoms with Crippen LogP contribution in [0.15, 0.2) is 29.4 Å². The van der Waals surface area contributed by atoms with Gasteiger partial charge in [0.25, 0.3) is 0 Å². The maximum Gasteiger partial charge on any atom is 0.339 e. The second-order valence-electron chi connectivity index (χ2n) is 2.82. The van der Waals surface area contributed by atoms with Gasteiger partial charge in [-0.1, -0.05) is 6.08 Å². The van der Waals surface area contributed by atoms with Crippen LogP contribution < -0.4 is 5.32 Å². The van der Waals surface area contributed by atoms with E-state index in [9.17, 15) is 4.79 Å². The van der Waals surface area contributed by atoms with E-state index in [-0.39, 0.29) is 5.56 Å². The molecule has 0 aliphatic rings. The first-order chi connectivity index (χ1) is 6.75. The Morgan fingerprint density at radius 1 is 1.71 bits per heavy atom. The number of aromatic carboxylic acids is 1. The summed E-state index contributed by atoms with van der Waals surface area (Å²) in [6, 6.07) is 1.45. The van der Waals surface area contributed by atoms with Gasteiger partial charge in [0.2, 0.25) is 0 Å². The average Bonchev–Trinajstić information content (AvgIpc) is 2.60. The van der Waals surface area contributed by atoms with Crippen LogP contribution >= 0.6 is 0 Å². The van der Waals surface area contributed by atoms with E-state index in [2.05, 4.69) is 11.9 Å². The molecule has 0 unspecified atom stereocenters. The summed E-state index contributed by atoms with van der Waals surface area (Å²) in [6.45, 7) is 4.78. The predicted octanol–water partition coefficient (Wildman–Crippen LogP) is 1.64. The van der Waals surface area contributed by atoms with Crippen molar-refractivity contribution in [2.45, 2.75) is 13.0 Å². The molecular formula is C10H13NO3. The summed E-state index contributed by atoms with van der Waals surface area (Å²) in [5, 5.41) is 11.8. The van der Waals surface area contributed by atoms with Crippen LogP contribution in [-0.4, -0.2) is 17.6 Å². The lowest BCUT2D eigenvalue weighted by Gasteiger charge is -2.00. The minimum absolute atomic E-state index is 0.219. The number of nitrogens with one attached hydrogen (secondary N) is 1. The SMILES string of the molecule is C=CCCNCc1occc1C(=O)O. The van der Waals surface area contributed by atoms with Gasteiger partial charge in [-0.15, -0.1) is 6.58 Å². The van der Waals surface area contributed by atoms with Gasteiger partial charge in [-0.3, -0.25) is 0 Å². The van der Waals surface area contributed by atoms with Crippen molar-refractivity contribution in [1.29, 1.82) is 0 Å². The van der Waals surface area contributed by atoms with Gasteiger partial charge in [-0.05, 0) is 19.0 Å². The zero-order valence-electron chi connectivity index (χ0n) is 7.82.